The highest BCUT2D eigenvalue weighted by Gasteiger charge is 2.45. The Morgan fingerprint density at radius 2 is 0.852 bits per heavy atom. The van der Waals surface area contributed by atoms with Crippen LogP contribution < -0.4 is 21.0 Å². The molecule has 132 valence electrons. The molecule has 2 heteroatoms. The number of benzene rings is 4. The third-order valence-electron chi connectivity index (χ3n) is 4.78. The third kappa shape index (κ3) is 3.52. The first-order valence-electron chi connectivity index (χ1n) is 9.20. The van der Waals surface area contributed by atoms with Gasteiger partial charge < -0.3 is 0 Å². The summed E-state index contributed by atoms with van der Waals surface area (Å²) in [5.74, 6) is 0. The van der Waals surface area contributed by atoms with Crippen molar-refractivity contribution in [2.45, 2.75) is 6.92 Å². The van der Waals surface area contributed by atoms with E-state index in [0.717, 1.165) is 5.69 Å². The molecule has 0 saturated heterocycles. The van der Waals surface area contributed by atoms with Crippen LogP contribution in [-0.2, 0) is 0 Å². The Labute approximate surface area is 162 Å². The van der Waals surface area contributed by atoms with Gasteiger partial charge in [0.2, 0.25) is 0 Å². The Bertz CT molecular complexity index is 884. The van der Waals surface area contributed by atoms with Gasteiger partial charge in [0.25, 0.3) is 0 Å². The number of nitrogens with one attached hydrogen (secondary N) is 1. The largest absolute Gasteiger partial charge is 0.247 e. The van der Waals surface area contributed by atoms with Crippen LogP contribution in [0.25, 0.3) is 0 Å². The smallest absolute Gasteiger partial charge is 0.199 e. The second-order valence-corrected chi connectivity index (χ2v) is 9.77. The summed E-state index contributed by atoms with van der Waals surface area (Å²) in [5.41, 5.74) is 2.41. The van der Waals surface area contributed by atoms with Gasteiger partial charge in [0.15, 0.2) is 7.41 Å². The van der Waals surface area contributed by atoms with E-state index in [9.17, 15) is 0 Å². The molecule has 0 fully saturated rings. The number of hydrogen-bond acceptors (Lipinski definition) is 1. The molecule has 0 bridgehead atoms. The van der Waals surface area contributed by atoms with E-state index in [1.54, 1.807) is 0 Å². The molecule has 4 rings (SSSR count). The van der Waals surface area contributed by atoms with Gasteiger partial charge in [-0.15, -0.1) is 0 Å². The zero-order valence-corrected chi connectivity index (χ0v) is 16.3. The lowest BCUT2D eigenvalue weighted by atomic mass is 10.2. The molecule has 4 aromatic carbocycles. The molecule has 0 unspecified atom stereocenters. The van der Waals surface area contributed by atoms with E-state index in [2.05, 4.69) is 127 Å². The summed E-state index contributed by atoms with van der Waals surface area (Å²) in [6.07, 6.45) is 0. The standard InChI is InChI=1S/C25H23NP/c1-21-17-19-22(20-18-21)26-27(23-11-5-2-6-12-23,24-13-7-3-8-14-24)25-15-9-4-10-16-25/h2-20,26H,1H3/q+1. The molecule has 0 saturated carbocycles. The monoisotopic (exact) mass is 368 g/mol. The van der Waals surface area contributed by atoms with Crippen LogP contribution in [0.1, 0.15) is 5.56 Å². The molecule has 27 heavy (non-hydrogen) atoms. The van der Waals surface area contributed by atoms with Crippen LogP contribution in [0, 0.1) is 6.92 Å². The van der Waals surface area contributed by atoms with E-state index in [1.165, 1.54) is 21.5 Å². The first-order chi connectivity index (χ1) is 13.3. The van der Waals surface area contributed by atoms with Crippen molar-refractivity contribution in [1.82, 2.24) is 0 Å². The van der Waals surface area contributed by atoms with Crippen LogP contribution in [0.5, 0.6) is 0 Å². The fourth-order valence-electron chi connectivity index (χ4n) is 3.42. The maximum absolute atomic E-state index is 3.98. The second kappa shape index (κ2) is 7.78. The molecular formula is C25H23NP+. The van der Waals surface area contributed by atoms with E-state index in [0.29, 0.717) is 0 Å². The first-order valence-corrected chi connectivity index (χ1v) is 11.0. The van der Waals surface area contributed by atoms with Crippen molar-refractivity contribution < 1.29 is 0 Å². The minimum atomic E-state index is -2.04. The lowest BCUT2D eigenvalue weighted by molar-refractivity contribution is 1.47. The van der Waals surface area contributed by atoms with Crippen LogP contribution in [0.2, 0.25) is 0 Å². The number of rotatable bonds is 5. The molecule has 0 spiro atoms. The van der Waals surface area contributed by atoms with Gasteiger partial charge in [-0.05, 0) is 55.5 Å². The highest BCUT2D eigenvalue weighted by Crippen LogP contribution is 2.54. The van der Waals surface area contributed by atoms with Crippen LogP contribution in [0.4, 0.5) is 5.69 Å². The fraction of sp³-hybridized carbons (Fsp3) is 0.0400. The Morgan fingerprint density at radius 3 is 1.22 bits per heavy atom. The third-order valence-corrected chi connectivity index (χ3v) is 8.59. The van der Waals surface area contributed by atoms with Crippen molar-refractivity contribution in [2.24, 2.45) is 0 Å². The average molecular weight is 368 g/mol. The Morgan fingerprint density at radius 1 is 0.481 bits per heavy atom. The SMILES string of the molecule is Cc1ccc(N[P+](c2ccccc2)(c2ccccc2)c2ccccc2)cc1. The molecule has 0 aromatic heterocycles. The Kier molecular flexibility index (Phi) is 5.05. The molecular weight excluding hydrogens is 345 g/mol. The highest BCUT2D eigenvalue weighted by atomic mass is 31.2. The molecule has 0 aliphatic heterocycles. The van der Waals surface area contributed by atoms with Crippen molar-refractivity contribution in [2.75, 3.05) is 5.09 Å². The Balaban J connectivity index is 1.98. The van der Waals surface area contributed by atoms with E-state index in [1.807, 2.05) is 0 Å². The molecule has 0 amide bonds. The summed E-state index contributed by atoms with van der Waals surface area (Å²) in [7, 11) is -2.04. The molecule has 0 heterocycles. The molecule has 0 atom stereocenters. The van der Waals surface area contributed by atoms with Crippen molar-refractivity contribution in [3.63, 3.8) is 0 Å². The van der Waals surface area contributed by atoms with Gasteiger partial charge in [-0.3, -0.25) is 0 Å². The fourth-order valence-corrected chi connectivity index (χ4v) is 7.09. The highest BCUT2D eigenvalue weighted by molar-refractivity contribution is 7.96. The average Bonchev–Trinajstić information content (AvgIpc) is 2.75. The van der Waals surface area contributed by atoms with Crippen molar-refractivity contribution in [3.8, 4) is 0 Å². The van der Waals surface area contributed by atoms with Crippen LogP contribution in [-0.4, -0.2) is 0 Å². The summed E-state index contributed by atoms with van der Waals surface area (Å²) < 4.78 is 0. The van der Waals surface area contributed by atoms with E-state index >= 15 is 0 Å². The minimum absolute atomic E-state index is 1.14. The molecule has 4 aromatic rings. The predicted octanol–water partition coefficient (Wildman–Crippen LogP) is 5.32. The quantitative estimate of drug-likeness (QED) is 0.470. The lowest BCUT2D eigenvalue weighted by Gasteiger charge is -2.28. The van der Waals surface area contributed by atoms with E-state index < -0.39 is 7.41 Å². The van der Waals surface area contributed by atoms with Crippen molar-refractivity contribution in [3.05, 3.63) is 121 Å². The van der Waals surface area contributed by atoms with Gasteiger partial charge >= 0.3 is 0 Å². The summed E-state index contributed by atoms with van der Waals surface area (Å²) >= 11 is 0. The normalized spacial score (nSPS) is 11.1. The molecule has 1 N–H and O–H groups in total. The summed E-state index contributed by atoms with van der Waals surface area (Å²) in [5, 5.41) is 7.95. The molecule has 0 aliphatic carbocycles. The zero-order chi connectivity index (χ0) is 18.5. The number of aryl methyl sites for hydroxylation is 1. The van der Waals surface area contributed by atoms with Crippen LogP contribution in [0.3, 0.4) is 0 Å². The first kappa shape index (κ1) is 17.5. The van der Waals surface area contributed by atoms with Gasteiger partial charge in [-0.2, -0.15) is 0 Å². The lowest BCUT2D eigenvalue weighted by Crippen LogP contribution is -2.36. The second-order valence-electron chi connectivity index (χ2n) is 6.66. The zero-order valence-electron chi connectivity index (χ0n) is 15.4. The summed E-state index contributed by atoms with van der Waals surface area (Å²) in [6, 6.07) is 41.2. The van der Waals surface area contributed by atoms with Gasteiger partial charge in [0.05, 0.1) is 5.69 Å². The number of anilines is 1. The molecule has 0 radical (unpaired) electrons. The van der Waals surface area contributed by atoms with Crippen molar-refractivity contribution >= 4 is 29.0 Å². The molecule has 0 aliphatic rings. The van der Waals surface area contributed by atoms with E-state index in [4.69, 9.17) is 0 Å². The minimum Gasteiger partial charge on any atom is -0.247 e. The maximum Gasteiger partial charge on any atom is 0.199 e. The van der Waals surface area contributed by atoms with Crippen molar-refractivity contribution in [1.29, 1.82) is 0 Å². The van der Waals surface area contributed by atoms with Gasteiger partial charge in [-0.1, -0.05) is 72.3 Å². The summed E-state index contributed by atoms with van der Waals surface area (Å²) in [6.45, 7) is 2.12. The number of hydrogen-bond donors (Lipinski definition) is 1. The van der Waals surface area contributed by atoms with Gasteiger partial charge in [0, 0.05) is 0 Å². The Hall–Kier alpha value is -2.89. The maximum atomic E-state index is 3.98. The van der Waals surface area contributed by atoms with Gasteiger partial charge in [-0.25, -0.2) is 5.09 Å². The van der Waals surface area contributed by atoms with Gasteiger partial charge in [0.1, 0.15) is 15.9 Å². The molecule has 1 nitrogen and oxygen atoms in total. The predicted molar refractivity (Wildman–Crippen MR) is 120 cm³/mol. The van der Waals surface area contributed by atoms with Crippen LogP contribution in [0.15, 0.2) is 115 Å². The van der Waals surface area contributed by atoms with Crippen LogP contribution >= 0.6 is 7.41 Å². The summed E-state index contributed by atoms with van der Waals surface area (Å²) in [4.78, 5) is 0. The van der Waals surface area contributed by atoms with E-state index in [-0.39, 0.29) is 0 Å². The topological polar surface area (TPSA) is 12.0 Å².